The van der Waals surface area contributed by atoms with Gasteiger partial charge in [-0.1, -0.05) is 49.4 Å². The van der Waals surface area contributed by atoms with Crippen LogP contribution in [-0.2, 0) is 16.0 Å². The van der Waals surface area contributed by atoms with Gasteiger partial charge in [-0.2, -0.15) is 0 Å². The molecule has 2 aromatic rings. The summed E-state index contributed by atoms with van der Waals surface area (Å²) >= 11 is 0. The van der Waals surface area contributed by atoms with Crippen LogP contribution in [-0.4, -0.2) is 24.4 Å². The Morgan fingerprint density at radius 3 is 2.59 bits per heavy atom. The molecule has 4 heteroatoms. The smallest absolute Gasteiger partial charge is 0.242 e. The molecule has 0 bridgehead atoms. The summed E-state index contributed by atoms with van der Waals surface area (Å²) < 4.78 is 0. The number of rotatable bonds is 6. The highest BCUT2D eigenvalue weighted by Gasteiger charge is 2.15. The summed E-state index contributed by atoms with van der Waals surface area (Å²) in [6, 6.07) is 13.4. The summed E-state index contributed by atoms with van der Waals surface area (Å²) in [6.07, 6.45) is 1.15. The molecule has 116 valence electrons. The zero-order valence-electron chi connectivity index (χ0n) is 13.1. The molecule has 0 radical (unpaired) electrons. The quantitative estimate of drug-likeness (QED) is 0.860. The molecule has 2 N–H and O–H groups in total. The number of amides is 2. The highest BCUT2D eigenvalue weighted by atomic mass is 16.2. The van der Waals surface area contributed by atoms with Gasteiger partial charge in [0.05, 0.1) is 6.42 Å². The van der Waals surface area contributed by atoms with Crippen molar-refractivity contribution in [3.63, 3.8) is 0 Å². The molecule has 0 aromatic heterocycles. The van der Waals surface area contributed by atoms with Gasteiger partial charge in [0.25, 0.3) is 0 Å². The first-order valence-electron chi connectivity index (χ1n) is 7.65. The average molecular weight is 298 g/mol. The molecule has 0 heterocycles. The van der Waals surface area contributed by atoms with Crippen molar-refractivity contribution in [3.05, 3.63) is 48.0 Å². The van der Waals surface area contributed by atoms with E-state index in [4.69, 9.17) is 0 Å². The third-order valence-electron chi connectivity index (χ3n) is 3.55. The first-order chi connectivity index (χ1) is 10.6. The Bertz CT molecular complexity index is 662. The van der Waals surface area contributed by atoms with E-state index in [9.17, 15) is 9.59 Å². The Kier molecular flexibility index (Phi) is 5.53. The summed E-state index contributed by atoms with van der Waals surface area (Å²) in [5.74, 6) is -0.288. The van der Waals surface area contributed by atoms with E-state index in [0.29, 0.717) is 6.54 Å². The Morgan fingerprint density at radius 2 is 1.82 bits per heavy atom. The highest BCUT2D eigenvalue weighted by Crippen LogP contribution is 2.18. The van der Waals surface area contributed by atoms with E-state index in [-0.39, 0.29) is 18.2 Å². The Morgan fingerprint density at radius 1 is 1.09 bits per heavy atom. The third-order valence-corrected chi connectivity index (χ3v) is 3.55. The predicted molar refractivity (Wildman–Crippen MR) is 88.6 cm³/mol. The standard InChI is InChI=1S/C18H22N2O2/c1-3-11-19-18(22)13(2)20-17(21)12-15-9-6-8-14-7-4-5-10-16(14)15/h4-10,13H,3,11-12H2,1-2H3,(H,19,22)(H,20,21)/t13-/m0/s1. The van der Waals surface area contributed by atoms with Crippen LogP contribution in [0.3, 0.4) is 0 Å². The van der Waals surface area contributed by atoms with Crippen LogP contribution in [0.25, 0.3) is 10.8 Å². The molecule has 0 saturated carbocycles. The van der Waals surface area contributed by atoms with E-state index in [1.54, 1.807) is 6.92 Å². The maximum atomic E-state index is 12.2. The van der Waals surface area contributed by atoms with Crippen LogP contribution in [0.2, 0.25) is 0 Å². The minimum atomic E-state index is -0.519. The Balaban J connectivity index is 2.00. The van der Waals surface area contributed by atoms with Crippen molar-refractivity contribution in [2.75, 3.05) is 6.54 Å². The summed E-state index contributed by atoms with van der Waals surface area (Å²) in [6.45, 7) is 4.32. The second kappa shape index (κ2) is 7.59. The van der Waals surface area contributed by atoms with E-state index >= 15 is 0 Å². The number of hydrogen-bond acceptors (Lipinski definition) is 2. The number of fused-ring (bicyclic) bond motifs is 1. The van der Waals surface area contributed by atoms with Gasteiger partial charge in [-0.15, -0.1) is 0 Å². The lowest BCUT2D eigenvalue weighted by molar-refractivity contribution is -0.128. The maximum Gasteiger partial charge on any atom is 0.242 e. The molecule has 2 aromatic carbocycles. The summed E-state index contributed by atoms with van der Waals surface area (Å²) in [5.41, 5.74) is 0.969. The molecule has 0 aliphatic rings. The van der Waals surface area contributed by atoms with Gasteiger partial charge in [0, 0.05) is 6.54 Å². The largest absolute Gasteiger partial charge is 0.354 e. The molecule has 1 atom stereocenters. The third kappa shape index (κ3) is 4.07. The minimum Gasteiger partial charge on any atom is -0.354 e. The zero-order chi connectivity index (χ0) is 15.9. The fourth-order valence-corrected chi connectivity index (χ4v) is 2.38. The molecule has 0 fully saturated rings. The zero-order valence-corrected chi connectivity index (χ0v) is 13.1. The molecule has 0 saturated heterocycles. The molecule has 22 heavy (non-hydrogen) atoms. The summed E-state index contributed by atoms with van der Waals surface area (Å²) in [5, 5.41) is 7.71. The summed E-state index contributed by atoms with van der Waals surface area (Å²) in [7, 11) is 0. The van der Waals surface area contributed by atoms with Gasteiger partial charge in [-0.05, 0) is 29.7 Å². The van der Waals surface area contributed by atoms with Crippen LogP contribution >= 0.6 is 0 Å². The second-order valence-electron chi connectivity index (χ2n) is 5.40. The van der Waals surface area contributed by atoms with Gasteiger partial charge in [-0.25, -0.2) is 0 Å². The molecule has 0 unspecified atom stereocenters. The topological polar surface area (TPSA) is 58.2 Å². The van der Waals surface area contributed by atoms with Crippen molar-refractivity contribution in [3.8, 4) is 0 Å². The number of carbonyl (C=O) groups excluding carboxylic acids is 2. The molecular formula is C18H22N2O2. The predicted octanol–water partition coefficient (Wildman–Crippen LogP) is 2.41. The van der Waals surface area contributed by atoms with E-state index < -0.39 is 6.04 Å². The van der Waals surface area contributed by atoms with E-state index in [0.717, 1.165) is 22.8 Å². The van der Waals surface area contributed by atoms with Crippen LogP contribution in [0.1, 0.15) is 25.8 Å². The van der Waals surface area contributed by atoms with Gasteiger partial charge in [0.2, 0.25) is 11.8 Å². The van der Waals surface area contributed by atoms with Crippen molar-refractivity contribution in [1.82, 2.24) is 10.6 Å². The van der Waals surface area contributed by atoms with Crippen molar-refractivity contribution in [1.29, 1.82) is 0 Å². The lowest BCUT2D eigenvalue weighted by Crippen LogP contribution is -2.45. The van der Waals surface area contributed by atoms with Gasteiger partial charge in [0.1, 0.15) is 6.04 Å². The number of carbonyl (C=O) groups is 2. The lowest BCUT2D eigenvalue weighted by Gasteiger charge is -2.14. The van der Waals surface area contributed by atoms with Crippen LogP contribution in [0.4, 0.5) is 0 Å². The second-order valence-corrected chi connectivity index (χ2v) is 5.40. The Hall–Kier alpha value is -2.36. The van der Waals surface area contributed by atoms with Gasteiger partial charge >= 0.3 is 0 Å². The van der Waals surface area contributed by atoms with Crippen LogP contribution in [0, 0.1) is 0 Å². The van der Waals surface area contributed by atoms with Crippen molar-refractivity contribution in [2.24, 2.45) is 0 Å². The molecule has 0 aliphatic carbocycles. The Labute approximate surface area is 130 Å². The minimum absolute atomic E-state index is 0.143. The van der Waals surface area contributed by atoms with Gasteiger partial charge in [0.15, 0.2) is 0 Å². The first kappa shape index (κ1) is 16.0. The number of nitrogens with one attached hydrogen (secondary N) is 2. The van der Waals surface area contributed by atoms with Crippen LogP contribution < -0.4 is 10.6 Å². The van der Waals surface area contributed by atoms with E-state index in [2.05, 4.69) is 10.6 Å². The fourth-order valence-electron chi connectivity index (χ4n) is 2.38. The summed E-state index contributed by atoms with van der Waals surface area (Å²) in [4.78, 5) is 23.9. The normalized spacial score (nSPS) is 11.9. The molecule has 4 nitrogen and oxygen atoms in total. The fraction of sp³-hybridized carbons (Fsp3) is 0.333. The molecule has 2 rings (SSSR count). The first-order valence-corrected chi connectivity index (χ1v) is 7.65. The number of hydrogen-bond donors (Lipinski definition) is 2. The van der Waals surface area contributed by atoms with Gasteiger partial charge < -0.3 is 10.6 Å². The van der Waals surface area contributed by atoms with Crippen molar-refractivity contribution < 1.29 is 9.59 Å². The monoisotopic (exact) mass is 298 g/mol. The molecule has 0 aliphatic heterocycles. The average Bonchev–Trinajstić information content (AvgIpc) is 2.52. The van der Waals surface area contributed by atoms with E-state index in [1.165, 1.54) is 0 Å². The van der Waals surface area contributed by atoms with Crippen LogP contribution in [0.5, 0.6) is 0 Å². The van der Waals surface area contributed by atoms with E-state index in [1.807, 2.05) is 49.4 Å². The number of benzene rings is 2. The SMILES string of the molecule is CCCNC(=O)[C@H](C)NC(=O)Cc1cccc2ccccc12. The highest BCUT2D eigenvalue weighted by molar-refractivity contribution is 5.92. The maximum absolute atomic E-state index is 12.2. The lowest BCUT2D eigenvalue weighted by atomic mass is 10.0. The molecule has 0 spiro atoms. The molecular weight excluding hydrogens is 276 g/mol. The van der Waals surface area contributed by atoms with Gasteiger partial charge in [-0.3, -0.25) is 9.59 Å². The van der Waals surface area contributed by atoms with Crippen LogP contribution in [0.15, 0.2) is 42.5 Å². The molecule has 2 amide bonds. The van der Waals surface area contributed by atoms with Crippen molar-refractivity contribution in [2.45, 2.75) is 32.7 Å². The van der Waals surface area contributed by atoms with Crippen molar-refractivity contribution >= 4 is 22.6 Å².